The van der Waals surface area contributed by atoms with Crippen LogP contribution in [0.25, 0.3) is 0 Å². The summed E-state index contributed by atoms with van der Waals surface area (Å²) in [7, 11) is 0. The van der Waals surface area contributed by atoms with Crippen LogP contribution in [0.15, 0.2) is 6.20 Å². The summed E-state index contributed by atoms with van der Waals surface area (Å²) in [6, 6.07) is 0. The Morgan fingerprint density at radius 2 is 1.80 bits per heavy atom. The molecule has 0 unspecified atom stereocenters. The lowest BCUT2D eigenvalue weighted by Crippen LogP contribution is -1.85. The van der Waals surface area contributed by atoms with Gasteiger partial charge in [0.15, 0.2) is 0 Å². The number of hydrogen-bond acceptors (Lipinski definition) is 1. The molecule has 1 aromatic rings. The third-order valence-corrected chi connectivity index (χ3v) is 2.35. The van der Waals surface area contributed by atoms with E-state index in [1.165, 1.54) is 0 Å². The van der Waals surface area contributed by atoms with Gasteiger partial charge >= 0.3 is 0 Å². The van der Waals surface area contributed by atoms with Gasteiger partial charge in [-0.1, -0.05) is 23.2 Å². The smallest absolute Gasteiger partial charge is 0.0807 e. The Bertz CT molecular complexity index is 231. The predicted molar refractivity (Wildman–Crippen MR) is 43.7 cm³/mol. The molecule has 0 saturated carbocycles. The zero-order valence-corrected chi connectivity index (χ0v) is 7.29. The number of halogens is 2. The van der Waals surface area contributed by atoms with Gasteiger partial charge in [-0.2, -0.15) is 0 Å². The van der Waals surface area contributed by atoms with Crippen LogP contribution in [-0.4, -0.2) is 4.98 Å². The van der Waals surface area contributed by atoms with Crippen LogP contribution < -0.4 is 0 Å². The Morgan fingerprint density at radius 3 is 2.30 bits per heavy atom. The van der Waals surface area contributed by atoms with Crippen molar-refractivity contribution in [1.29, 1.82) is 0 Å². The Labute approximate surface area is 70.0 Å². The maximum absolute atomic E-state index is 5.81. The highest BCUT2D eigenvalue weighted by Gasteiger charge is 2.03. The molecule has 0 aliphatic heterocycles. The van der Waals surface area contributed by atoms with Gasteiger partial charge in [-0.25, -0.2) is 0 Å². The van der Waals surface area contributed by atoms with E-state index in [1.807, 2.05) is 13.8 Å². The molecule has 0 aromatic carbocycles. The molecule has 0 fully saturated rings. The molecule has 0 aliphatic rings. The molecule has 1 nitrogen and oxygen atoms in total. The monoisotopic (exact) mass is 175 g/mol. The summed E-state index contributed by atoms with van der Waals surface area (Å²) in [6.07, 6.45) is 1.71. The van der Waals surface area contributed by atoms with E-state index in [-0.39, 0.29) is 0 Å². The lowest BCUT2D eigenvalue weighted by Gasteiger charge is -2.00. The maximum Gasteiger partial charge on any atom is 0.0807 e. The molecule has 0 radical (unpaired) electrons. The van der Waals surface area contributed by atoms with E-state index in [1.54, 1.807) is 6.20 Å². The van der Waals surface area contributed by atoms with E-state index in [9.17, 15) is 0 Å². The predicted octanol–water partition coefficient (Wildman–Crippen LogP) is 3.01. The summed E-state index contributed by atoms with van der Waals surface area (Å²) in [5, 5.41) is 1.16. The maximum atomic E-state index is 5.81. The number of nitrogens with zero attached hydrogens (tertiary/aromatic N) is 1. The summed E-state index contributed by atoms with van der Waals surface area (Å²) in [4.78, 5) is 4.02. The highest BCUT2D eigenvalue weighted by molar-refractivity contribution is 6.42. The summed E-state index contributed by atoms with van der Waals surface area (Å²) in [6.45, 7) is 3.70. The number of rotatable bonds is 0. The van der Waals surface area contributed by atoms with Crippen LogP contribution in [0.5, 0.6) is 0 Å². The van der Waals surface area contributed by atoms with Gasteiger partial charge in [0.25, 0.3) is 0 Å². The third-order valence-electron chi connectivity index (χ3n) is 1.31. The number of aryl methyl sites for hydroxylation is 2. The first-order valence-corrected chi connectivity index (χ1v) is 3.65. The highest BCUT2D eigenvalue weighted by Crippen LogP contribution is 2.26. The second-order valence-electron chi connectivity index (χ2n) is 2.15. The molecule has 0 saturated heterocycles. The van der Waals surface area contributed by atoms with E-state index in [0.717, 1.165) is 11.3 Å². The average molecular weight is 176 g/mol. The average Bonchev–Trinajstić information content (AvgIpc) is 1.93. The van der Waals surface area contributed by atoms with Crippen molar-refractivity contribution in [3.63, 3.8) is 0 Å². The molecule has 1 aromatic heterocycles. The molecule has 10 heavy (non-hydrogen) atoms. The molecule has 0 amide bonds. The van der Waals surface area contributed by atoms with Gasteiger partial charge in [-0.05, 0) is 19.4 Å². The zero-order chi connectivity index (χ0) is 7.72. The first-order valence-electron chi connectivity index (χ1n) is 2.90. The van der Waals surface area contributed by atoms with Gasteiger partial charge in [0.1, 0.15) is 0 Å². The van der Waals surface area contributed by atoms with Crippen molar-refractivity contribution in [2.45, 2.75) is 13.8 Å². The van der Waals surface area contributed by atoms with Crippen molar-refractivity contribution >= 4 is 23.2 Å². The zero-order valence-electron chi connectivity index (χ0n) is 5.78. The van der Waals surface area contributed by atoms with E-state index < -0.39 is 0 Å². The molecule has 0 N–H and O–H groups in total. The van der Waals surface area contributed by atoms with Gasteiger partial charge in [0, 0.05) is 6.20 Å². The van der Waals surface area contributed by atoms with Gasteiger partial charge in [0.2, 0.25) is 0 Å². The van der Waals surface area contributed by atoms with Crippen LogP contribution in [-0.2, 0) is 0 Å². The standard InChI is InChI=1S/C7H7Cl2N/c1-4-3-10-5(2)7(9)6(4)8/h3H,1-2H3. The van der Waals surface area contributed by atoms with Gasteiger partial charge < -0.3 is 0 Å². The van der Waals surface area contributed by atoms with Crippen LogP contribution >= 0.6 is 23.2 Å². The fourth-order valence-corrected chi connectivity index (χ4v) is 1.02. The summed E-state index contributed by atoms with van der Waals surface area (Å²) < 4.78 is 0. The number of aromatic nitrogens is 1. The Hall–Kier alpha value is -0.270. The first kappa shape index (κ1) is 7.83. The topological polar surface area (TPSA) is 12.9 Å². The van der Waals surface area contributed by atoms with Crippen molar-refractivity contribution in [3.05, 3.63) is 27.5 Å². The van der Waals surface area contributed by atoms with Crippen molar-refractivity contribution in [3.8, 4) is 0 Å². The molecule has 54 valence electrons. The molecule has 1 rings (SSSR count). The minimum Gasteiger partial charge on any atom is -0.260 e. The number of hydrogen-bond donors (Lipinski definition) is 0. The van der Waals surface area contributed by atoms with E-state index in [2.05, 4.69) is 4.98 Å². The lowest BCUT2D eigenvalue weighted by atomic mass is 10.3. The van der Waals surface area contributed by atoms with E-state index >= 15 is 0 Å². The third kappa shape index (κ3) is 1.25. The summed E-state index contributed by atoms with van der Waals surface area (Å²) in [5.74, 6) is 0. The quantitative estimate of drug-likeness (QED) is 0.592. The van der Waals surface area contributed by atoms with Crippen LogP contribution in [0.2, 0.25) is 10.0 Å². The minimum atomic E-state index is 0.557. The molecule has 0 aliphatic carbocycles. The van der Waals surface area contributed by atoms with Gasteiger partial charge in [0.05, 0.1) is 15.7 Å². The van der Waals surface area contributed by atoms with Gasteiger partial charge in [-0.3, -0.25) is 4.98 Å². The highest BCUT2D eigenvalue weighted by atomic mass is 35.5. The van der Waals surface area contributed by atoms with E-state index in [4.69, 9.17) is 23.2 Å². The Morgan fingerprint density at radius 1 is 1.20 bits per heavy atom. The second-order valence-corrected chi connectivity index (χ2v) is 2.91. The molecule has 0 spiro atoms. The normalized spacial score (nSPS) is 10.0. The van der Waals surface area contributed by atoms with Crippen LogP contribution in [0, 0.1) is 13.8 Å². The van der Waals surface area contributed by atoms with E-state index in [0.29, 0.717) is 10.0 Å². The molecular weight excluding hydrogens is 169 g/mol. The molecule has 1 heterocycles. The van der Waals surface area contributed by atoms with Crippen LogP contribution in [0.1, 0.15) is 11.3 Å². The molecular formula is C7H7Cl2N. The van der Waals surface area contributed by atoms with Gasteiger partial charge in [-0.15, -0.1) is 0 Å². The minimum absolute atomic E-state index is 0.557. The Kier molecular flexibility index (Phi) is 2.17. The molecule has 0 atom stereocenters. The Balaban J connectivity index is 3.34. The fraction of sp³-hybridized carbons (Fsp3) is 0.286. The fourth-order valence-electron chi connectivity index (χ4n) is 0.639. The number of pyridine rings is 1. The van der Waals surface area contributed by atoms with Crippen molar-refractivity contribution in [2.75, 3.05) is 0 Å². The van der Waals surface area contributed by atoms with Crippen LogP contribution in [0.4, 0.5) is 0 Å². The van der Waals surface area contributed by atoms with Crippen LogP contribution in [0.3, 0.4) is 0 Å². The van der Waals surface area contributed by atoms with Crippen molar-refractivity contribution < 1.29 is 0 Å². The lowest BCUT2D eigenvalue weighted by molar-refractivity contribution is 1.17. The van der Waals surface area contributed by atoms with Crippen molar-refractivity contribution in [1.82, 2.24) is 4.98 Å². The summed E-state index contributed by atoms with van der Waals surface area (Å²) in [5.41, 5.74) is 1.69. The summed E-state index contributed by atoms with van der Waals surface area (Å²) >= 11 is 11.6. The SMILES string of the molecule is Cc1cnc(C)c(Cl)c1Cl. The largest absolute Gasteiger partial charge is 0.260 e. The molecule has 3 heteroatoms. The second kappa shape index (κ2) is 2.77. The first-order chi connectivity index (χ1) is 4.63. The van der Waals surface area contributed by atoms with Crippen molar-refractivity contribution in [2.24, 2.45) is 0 Å². The molecule has 0 bridgehead atoms.